The van der Waals surface area contributed by atoms with Gasteiger partial charge in [0.2, 0.25) is 0 Å². The first kappa shape index (κ1) is 22.3. The van der Waals surface area contributed by atoms with Crippen LogP contribution in [0.15, 0.2) is 59.4 Å². The van der Waals surface area contributed by atoms with Crippen LogP contribution in [0.5, 0.6) is 11.5 Å². The predicted octanol–water partition coefficient (Wildman–Crippen LogP) is 4.26. The summed E-state index contributed by atoms with van der Waals surface area (Å²) in [6.07, 6.45) is 0.896. The van der Waals surface area contributed by atoms with Gasteiger partial charge in [0.05, 0.1) is 19.9 Å². The minimum atomic E-state index is -0.617. The number of carbonyl (C=O) groups is 2. The number of aromatic nitrogens is 1. The number of methoxy groups -OCH3 is 2. The number of fused-ring (bicyclic) bond motifs is 1. The number of carbonyl (C=O) groups excluding carboxylic acids is 2. The minimum absolute atomic E-state index is 0.0815. The molecule has 170 valence electrons. The maximum atomic E-state index is 13.6. The molecule has 2 aromatic carbocycles. The normalized spacial score (nSPS) is 14.4. The van der Waals surface area contributed by atoms with E-state index in [2.05, 4.69) is 5.32 Å². The number of pyridine rings is 1. The molecular formula is C26H26N2O5. The Balaban J connectivity index is 1.85. The van der Waals surface area contributed by atoms with E-state index in [4.69, 9.17) is 9.47 Å². The van der Waals surface area contributed by atoms with Crippen molar-refractivity contribution in [2.45, 2.75) is 26.7 Å². The molecule has 4 rings (SSSR count). The number of para-hydroxylation sites is 1. The third kappa shape index (κ3) is 4.26. The first-order valence-electron chi connectivity index (χ1n) is 10.6. The molecule has 7 nitrogen and oxygen atoms in total. The van der Waals surface area contributed by atoms with Crippen molar-refractivity contribution < 1.29 is 19.1 Å². The largest absolute Gasteiger partial charge is 0.497 e. The zero-order valence-electron chi connectivity index (χ0n) is 19.1. The Morgan fingerprint density at radius 3 is 2.36 bits per heavy atom. The van der Waals surface area contributed by atoms with Gasteiger partial charge in [-0.3, -0.25) is 19.0 Å². The second kappa shape index (κ2) is 8.58. The molecule has 0 atom stereocenters. The van der Waals surface area contributed by atoms with Gasteiger partial charge >= 0.3 is 0 Å². The molecule has 0 saturated heterocycles. The van der Waals surface area contributed by atoms with Crippen LogP contribution in [0.2, 0.25) is 0 Å². The molecule has 1 heterocycles. The SMILES string of the molecule is COc1ccc(NC(=O)c2cc3c(n(-c4ccccc4)c2=O)CC(C)(C)CC3=O)c(OC)c1. The molecule has 33 heavy (non-hydrogen) atoms. The summed E-state index contributed by atoms with van der Waals surface area (Å²) in [5.41, 5.74) is 1.17. The lowest BCUT2D eigenvalue weighted by Crippen LogP contribution is -2.37. The van der Waals surface area contributed by atoms with E-state index in [1.54, 1.807) is 30.3 Å². The van der Waals surface area contributed by atoms with Gasteiger partial charge in [0.25, 0.3) is 11.5 Å². The van der Waals surface area contributed by atoms with Crippen molar-refractivity contribution in [2.75, 3.05) is 19.5 Å². The highest BCUT2D eigenvalue weighted by Crippen LogP contribution is 2.35. The number of hydrogen-bond donors (Lipinski definition) is 1. The van der Waals surface area contributed by atoms with Crippen LogP contribution in [-0.4, -0.2) is 30.5 Å². The van der Waals surface area contributed by atoms with Crippen LogP contribution < -0.4 is 20.3 Å². The van der Waals surface area contributed by atoms with Gasteiger partial charge in [-0.1, -0.05) is 32.0 Å². The van der Waals surface area contributed by atoms with E-state index in [9.17, 15) is 14.4 Å². The Kier molecular flexibility index (Phi) is 5.80. The van der Waals surface area contributed by atoms with E-state index < -0.39 is 11.5 Å². The van der Waals surface area contributed by atoms with Crippen LogP contribution in [0.1, 0.15) is 46.7 Å². The highest BCUT2D eigenvalue weighted by molar-refractivity contribution is 6.07. The summed E-state index contributed by atoms with van der Waals surface area (Å²) >= 11 is 0. The Morgan fingerprint density at radius 2 is 1.70 bits per heavy atom. The summed E-state index contributed by atoms with van der Waals surface area (Å²) in [5, 5.41) is 2.74. The van der Waals surface area contributed by atoms with E-state index >= 15 is 0 Å². The predicted molar refractivity (Wildman–Crippen MR) is 126 cm³/mol. The third-order valence-electron chi connectivity index (χ3n) is 5.80. The van der Waals surface area contributed by atoms with Crippen molar-refractivity contribution in [3.8, 4) is 17.2 Å². The van der Waals surface area contributed by atoms with Crippen molar-refractivity contribution >= 4 is 17.4 Å². The van der Waals surface area contributed by atoms with Gasteiger partial charge in [-0.25, -0.2) is 0 Å². The van der Waals surface area contributed by atoms with Crippen molar-refractivity contribution in [3.63, 3.8) is 0 Å². The molecule has 0 spiro atoms. The number of ketones is 1. The van der Waals surface area contributed by atoms with E-state index in [-0.39, 0.29) is 16.8 Å². The molecule has 1 amide bonds. The molecule has 0 radical (unpaired) electrons. The molecule has 1 aromatic heterocycles. The second-order valence-electron chi connectivity index (χ2n) is 8.86. The van der Waals surface area contributed by atoms with Gasteiger partial charge in [-0.2, -0.15) is 0 Å². The number of nitrogens with one attached hydrogen (secondary N) is 1. The lowest BCUT2D eigenvalue weighted by Gasteiger charge is -2.32. The number of anilines is 1. The van der Waals surface area contributed by atoms with Crippen LogP contribution in [0.4, 0.5) is 5.69 Å². The Morgan fingerprint density at radius 1 is 0.970 bits per heavy atom. The highest BCUT2D eigenvalue weighted by atomic mass is 16.5. The van der Waals surface area contributed by atoms with Crippen LogP contribution >= 0.6 is 0 Å². The first-order valence-corrected chi connectivity index (χ1v) is 10.6. The molecule has 1 aliphatic rings. The van der Waals surface area contributed by atoms with Crippen molar-refractivity contribution in [2.24, 2.45) is 5.41 Å². The van der Waals surface area contributed by atoms with Crippen LogP contribution in [0.25, 0.3) is 5.69 Å². The van der Waals surface area contributed by atoms with E-state index in [0.717, 1.165) is 0 Å². The fraction of sp³-hybridized carbons (Fsp3) is 0.269. The monoisotopic (exact) mass is 446 g/mol. The van der Waals surface area contributed by atoms with Gasteiger partial charge in [-0.05, 0) is 42.2 Å². The quantitative estimate of drug-likeness (QED) is 0.633. The van der Waals surface area contributed by atoms with Crippen molar-refractivity contribution in [3.05, 3.63) is 81.8 Å². The Bertz CT molecular complexity index is 1290. The van der Waals surface area contributed by atoms with E-state index in [1.165, 1.54) is 24.9 Å². The second-order valence-corrected chi connectivity index (χ2v) is 8.86. The summed E-state index contributed by atoms with van der Waals surface area (Å²) < 4.78 is 12.0. The van der Waals surface area contributed by atoms with Gasteiger partial charge in [0, 0.05) is 29.4 Å². The van der Waals surface area contributed by atoms with Crippen molar-refractivity contribution in [1.82, 2.24) is 4.57 Å². The molecule has 0 unspecified atom stereocenters. The number of Topliss-reactive ketones (excluding diaryl/α,β-unsaturated/α-hetero) is 1. The number of rotatable bonds is 5. The lowest BCUT2D eigenvalue weighted by molar-refractivity contribution is 0.0909. The molecular weight excluding hydrogens is 420 g/mol. The summed E-state index contributed by atoms with van der Waals surface area (Å²) in [5.74, 6) is 0.260. The van der Waals surface area contributed by atoms with Crippen LogP contribution in [-0.2, 0) is 6.42 Å². The summed E-state index contributed by atoms with van der Waals surface area (Å²) in [6, 6.07) is 15.5. The number of ether oxygens (including phenoxy) is 2. The van der Waals surface area contributed by atoms with Crippen molar-refractivity contribution in [1.29, 1.82) is 0 Å². The zero-order valence-corrected chi connectivity index (χ0v) is 19.1. The van der Waals surface area contributed by atoms with Gasteiger partial charge in [-0.15, -0.1) is 0 Å². The maximum absolute atomic E-state index is 13.6. The summed E-state index contributed by atoms with van der Waals surface area (Å²) in [4.78, 5) is 39.8. The standard InChI is InChI=1S/C26H26N2O5/c1-26(2)14-21-18(22(29)15-26)13-19(25(31)28(21)16-8-6-5-7-9-16)24(30)27-20-11-10-17(32-3)12-23(20)33-4/h5-13H,14-15H2,1-4H3,(H,27,30). The third-order valence-corrected chi connectivity index (χ3v) is 5.80. The molecule has 1 N–H and O–H groups in total. The molecule has 3 aromatic rings. The van der Waals surface area contributed by atoms with Crippen LogP contribution in [0.3, 0.4) is 0 Å². The fourth-order valence-corrected chi connectivity index (χ4v) is 4.22. The molecule has 1 aliphatic carbocycles. The van der Waals surface area contributed by atoms with Gasteiger partial charge < -0.3 is 14.8 Å². The Hall–Kier alpha value is -3.87. The average molecular weight is 447 g/mol. The molecule has 0 bridgehead atoms. The van der Waals surface area contributed by atoms with Crippen LogP contribution in [0, 0.1) is 5.41 Å². The number of nitrogens with zero attached hydrogens (tertiary/aromatic N) is 1. The highest BCUT2D eigenvalue weighted by Gasteiger charge is 2.35. The van der Waals surface area contributed by atoms with E-state index in [1.807, 2.05) is 32.0 Å². The van der Waals surface area contributed by atoms with Gasteiger partial charge in [0.15, 0.2) is 5.78 Å². The summed E-state index contributed by atoms with van der Waals surface area (Å²) in [6.45, 7) is 4.01. The number of amides is 1. The maximum Gasteiger partial charge on any atom is 0.268 e. The molecule has 0 aliphatic heterocycles. The number of benzene rings is 2. The fourth-order valence-electron chi connectivity index (χ4n) is 4.22. The molecule has 0 saturated carbocycles. The lowest BCUT2D eigenvalue weighted by atomic mass is 9.75. The smallest absolute Gasteiger partial charge is 0.268 e. The summed E-state index contributed by atoms with van der Waals surface area (Å²) in [7, 11) is 3.01. The zero-order chi connectivity index (χ0) is 23.8. The number of hydrogen-bond acceptors (Lipinski definition) is 5. The average Bonchev–Trinajstić information content (AvgIpc) is 2.78. The van der Waals surface area contributed by atoms with Gasteiger partial charge in [0.1, 0.15) is 17.1 Å². The topological polar surface area (TPSA) is 86.6 Å². The molecule has 0 fully saturated rings. The molecule has 7 heteroatoms. The Labute approximate surface area is 192 Å². The minimum Gasteiger partial charge on any atom is -0.497 e. The van der Waals surface area contributed by atoms with E-state index in [0.29, 0.717) is 47.0 Å². The first-order chi connectivity index (χ1) is 15.7.